The number of rotatable bonds is 2. The molecule has 0 fully saturated rings. The predicted octanol–water partition coefficient (Wildman–Crippen LogP) is 2.85. The first-order valence-corrected chi connectivity index (χ1v) is 6.37. The third-order valence-electron chi connectivity index (χ3n) is 2.80. The molecule has 18 heavy (non-hydrogen) atoms. The molecule has 3 aromatic rings. The van der Waals surface area contributed by atoms with Gasteiger partial charge < -0.3 is 10.7 Å². The lowest BCUT2D eigenvalue weighted by Gasteiger charge is -1.97. The first-order chi connectivity index (χ1) is 8.79. The van der Waals surface area contributed by atoms with Gasteiger partial charge in [-0.25, -0.2) is 4.98 Å². The standard InChI is InChI=1S/C13H11BrN4/c14-9-4-2-6-16-12(9)13-17-10-5-1-3-8(7-15)11(10)18-13/h1-6H,7,15H2,(H,17,18). The van der Waals surface area contributed by atoms with E-state index in [2.05, 4.69) is 30.9 Å². The van der Waals surface area contributed by atoms with E-state index in [9.17, 15) is 0 Å². The molecule has 0 saturated carbocycles. The Morgan fingerprint density at radius 1 is 1.22 bits per heavy atom. The van der Waals surface area contributed by atoms with Crippen LogP contribution < -0.4 is 5.73 Å². The van der Waals surface area contributed by atoms with Gasteiger partial charge in [-0.2, -0.15) is 0 Å². The molecule has 0 aliphatic rings. The van der Waals surface area contributed by atoms with Crippen molar-refractivity contribution in [2.45, 2.75) is 6.54 Å². The largest absolute Gasteiger partial charge is 0.337 e. The topological polar surface area (TPSA) is 67.6 Å². The van der Waals surface area contributed by atoms with Crippen molar-refractivity contribution in [3.05, 3.63) is 46.6 Å². The minimum atomic E-state index is 0.477. The van der Waals surface area contributed by atoms with Crippen LogP contribution in [0.1, 0.15) is 5.56 Å². The van der Waals surface area contributed by atoms with Gasteiger partial charge in [0.25, 0.3) is 0 Å². The van der Waals surface area contributed by atoms with Gasteiger partial charge in [-0.3, -0.25) is 4.98 Å². The van der Waals surface area contributed by atoms with Gasteiger partial charge >= 0.3 is 0 Å². The van der Waals surface area contributed by atoms with Crippen LogP contribution in [0.4, 0.5) is 0 Å². The number of H-pyrrole nitrogens is 1. The van der Waals surface area contributed by atoms with Gasteiger partial charge in [0, 0.05) is 17.2 Å². The monoisotopic (exact) mass is 302 g/mol. The van der Waals surface area contributed by atoms with Crippen molar-refractivity contribution in [1.82, 2.24) is 15.0 Å². The second-order valence-corrected chi connectivity index (χ2v) is 4.79. The van der Waals surface area contributed by atoms with Gasteiger partial charge in [0.05, 0.1) is 11.0 Å². The van der Waals surface area contributed by atoms with Crippen LogP contribution in [0.5, 0.6) is 0 Å². The van der Waals surface area contributed by atoms with E-state index in [1.54, 1.807) is 6.20 Å². The number of hydrogen-bond donors (Lipinski definition) is 2. The van der Waals surface area contributed by atoms with E-state index in [0.29, 0.717) is 6.54 Å². The zero-order valence-electron chi connectivity index (χ0n) is 9.52. The summed E-state index contributed by atoms with van der Waals surface area (Å²) in [5.41, 5.74) is 9.43. The summed E-state index contributed by atoms with van der Waals surface area (Å²) in [6, 6.07) is 9.77. The van der Waals surface area contributed by atoms with Crippen molar-refractivity contribution in [3.63, 3.8) is 0 Å². The smallest absolute Gasteiger partial charge is 0.158 e. The third kappa shape index (κ3) is 1.81. The average molecular weight is 303 g/mol. The molecule has 2 aromatic heterocycles. The summed E-state index contributed by atoms with van der Waals surface area (Å²) >= 11 is 3.48. The summed E-state index contributed by atoms with van der Waals surface area (Å²) < 4.78 is 0.915. The van der Waals surface area contributed by atoms with E-state index in [-0.39, 0.29) is 0 Å². The number of benzene rings is 1. The fraction of sp³-hybridized carbons (Fsp3) is 0.0769. The molecule has 5 heteroatoms. The summed E-state index contributed by atoms with van der Waals surface area (Å²) in [5.74, 6) is 0.748. The third-order valence-corrected chi connectivity index (χ3v) is 3.44. The molecule has 0 radical (unpaired) electrons. The Labute approximate surface area is 112 Å². The normalized spacial score (nSPS) is 11.0. The SMILES string of the molecule is NCc1cccc2[nH]c(-c3ncccc3Br)nc12. The Kier molecular flexibility index (Phi) is 2.85. The Hall–Kier alpha value is -1.72. The lowest BCUT2D eigenvalue weighted by atomic mass is 10.2. The lowest BCUT2D eigenvalue weighted by Crippen LogP contribution is -1.96. The Morgan fingerprint density at radius 3 is 2.89 bits per heavy atom. The summed E-state index contributed by atoms with van der Waals surface area (Å²) in [6.45, 7) is 0.477. The predicted molar refractivity (Wildman–Crippen MR) is 74.9 cm³/mol. The summed E-state index contributed by atoms with van der Waals surface area (Å²) in [7, 11) is 0. The molecule has 0 amide bonds. The molecule has 90 valence electrons. The number of pyridine rings is 1. The maximum Gasteiger partial charge on any atom is 0.158 e. The molecule has 0 spiro atoms. The molecule has 0 atom stereocenters. The fourth-order valence-electron chi connectivity index (χ4n) is 1.93. The van der Waals surface area contributed by atoms with E-state index < -0.39 is 0 Å². The second kappa shape index (κ2) is 4.51. The highest BCUT2D eigenvalue weighted by Crippen LogP contribution is 2.26. The highest BCUT2D eigenvalue weighted by molar-refractivity contribution is 9.10. The summed E-state index contributed by atoms with van der Waals surface area (Å²) in [6.07, 6.45) is 1.75. The fourth-order valence-corrected chi connectivity index (χ4v) is 2.37. The first kappa shape index (κ1) is 11.4. The van der Waals surface area contributed by atoms with E-state index in [1.807, 2.05) is 30.3 Å². The summed E-state index contributed by atoms with van der Waals surface area (Å²) in [5, 5.41) is 0. The highest BCUT2D eigenvalue weighted by Gasteiger charge is 2.11. The van der Waals surface area contributed by atoms with Gasteiger partial charge in [0.15, 0.2) is 5.82 Å². The number of hydrogen-bond acceptors (Lipinski definition) is 3. The van der Waals surface area contributed by atoms with Crippen LogP contribution in [-0.2, 0) is 6.54 Å². The van der Waals surface area contributed by atoms with E-state index in [4.69, 9.17) is 5.73 Å². The number of nitrogens with two attached hydrogens (primary N) is 1. The van der Waals surface area contributed by atoms with Crippen molar-refractivity contribution in [2.24, 2.45) is 5.73 Å². The Balaban J connectivity index is 2.23. The lowest BCUT2D eigenvalue weighted by molar-refractivity contribution is 1.08. The molecular formula is C13H11BrN4. The van der Waals surface area contributed by atoms with E-state index in [0.717, 1.165) is 32.6 Å². The molecule has 3 rings (SSSR count). The molecule has 2 heterocycles. The van der Waals surface area contributed by atoms with Crippen LogP contribution in [0.3, 0.4) is 0 Å². The minimum absolute atomic E-state index is 0.477. The van der Waals surface area contributed by atoms with Crippen LogP contribution in [0.15, 0.2) is 41.0 Å². The Bertz CT molecular complexity index is 705. The molecule has 0 saturated heterocycles. The van der Waals surface area contributed by atoms with Gasteiger partial charge in [0.1, 0.15) is 5.69 Å². The molecule has 0 unspecified atom stereocenters. The number of halogens is 1. The number of para-hydroxylation sites is 1. The molecule has 0 aliphatic heterocycles. The highest BCUT2D eigenvalue weighted by atomic mass is 79.9. The number of imidazole rings is 1. The molecule has 4 nitrogen and oxygen atoms in total. The van der Waals surface area contributed by atoms with Gasteiger partial charge in [-0.1, -0.05) is 12.1 Å². The second-order valence-electron chi connectivity index (χ2n) is 3.94. The zero-order chi connectivity index (χ0) is 12.5. The van der Waals surface area contributed by atoms with Crippen LogP contribution in [0.25, 0.3) is 22.6 Å². The van der Waals surface area contributed by atoms with Crippen LogP contribution in [0, 0.1) is 0 Å². The van der Waals surface area contributed by atoms with Crippen LogP contribution in [0.2, 0.25) is 0 Å². The quantitative estimate of drug-likeness (QED) is 0.765. The van der Waals surface area contributed by atoms with Gasteiger partial charge in [-0.15, -0.1) is 0 Å². The van der Waals surface area contributed by atoms with E-state index >= 15 is 0 Å². The number of fused-ring (bicyclic) bond motifs is 1. The number of aromatic nitrogens is 3. The van der Waals surface area contributed by atoms with Gasteiger partial charge in [-0.05, 0) is 39.7 Å². The maximum atomic E-state index is 5.71. The Morgan fingerprint density at radius 2 is 2.11 bits per heavy atom. The summed E-state index contributed by atoms with van der Waals surface area (Å²) in [4.78, 5) is 12.2. The molecule has 1 aromatic carbocycles. The van der Waals surface area contributed by atoms with Crippen LogP contribution >= 0.6 is 15.9 Å². The number of nitrogens with one attached hydrogen (secondary N) is 1. The molecule has 0 aliphatic carbocycles. The number of nitrogens with zero attached hydrogens (tertiary/aromatic N) is 2. The average Bonchev–Trinajstić information content (AvgIpc) is 2.82. The van der Waals surface area contributed by atoms with Crippen molar-refractivity contribution < 1.29 is 0 Å². The minimum Gasteiger partial charge on any atom is -0.337 e. The maximum absolute atomic E-state index is 5.71. The van der Waals surface area contributed by atoms with Gasteiger partial charge in [0.2, 0.25) is 0 Å². The number of aromatic amines is 1. The van der Waals surface area contributed by atoms with Crippen LogP contribution in [-0.4, -0.2) is 15.0 Å². The van der Waals surface area contributed by atoms with Crippen molar-refractivity contribution in [1.29, 1.82) is 0 Å². The molecule has 3 N–H and O–H groups in total. The first-order valence-electron chi connectivity index (χ1n) is 5.58. The zero-order valence-corrected chi connectivity index (χ0v) is 11.1. The van der Waals surface area contributed by atoms with E-state index in [1.165, 1.54) is 0 Å². The van der Waals surface area contributed by atoms with Crippen molar-refractivity contribution in [2.75, 3.05) is 0 Å². The van der Waals surface area contributed by atoms with Crippen molar-refractivity contribution >= 4 is 27.0 Å². The van der Waals surface area contributed by atoms with Crippen molar-refractivity contribution in [3.8, 4) is 11.5 Å². The molecule has 0 bridgehead atoms. The molecular weight excluding hydrogens is 292 g/mol.